The third-order valence-electron chi connectivity index (χ3n) is 3.28. The molecule has 1 N–H and O–H groups in total. The van der Waals surface area contributed by atoms with Gasteiger partial charge in [-0.15, -0.1) is 10.2 Å². The number of hydrogen-bond acceptors (Lipinski definition) is 6. The van der Waals surface area contributed by atoms with Gasteiger partial charge in [0.1, 0.15) is 17.3 Å². The van der Waals surface area contributed by atoms with Crippen LogP contribution in [0.5, 0.6) is 0 Å². The number of amides is 1. The molecular formula is C17H17N5O2S. The molecule has 0 radical (unpaired) electrons. The number of furan rings is 1. The molecule has 2 aromatic heterocycles. The molecule has 0 aliphatic rings. The molecule has 128 valence electrons. The molecule has 7 nitrogen and oxygen atoms in total. The van der Waals surface area contributed by atoms with Crippen LogP contribution in [0.1, 0.15) is 17.3 Å². The lowest BCUT2D eigenvalue weighted by molar-refractivity contribution is -0.118. The molecule has 0 atom stereocenters. The SMILES string of the molecule is Cc1ccc(/C=N/NC(=O)CSc2nnc(C)n2-c2ccccc2)o1. The van der Waals surface area contributed by atoms with Gasteiger partial charge in [-0.1, -0.05) is 30.0 Å². The number of carbonyl (C=O) groups is 1. The van der Waals surface area contributed by atoms with Gasteiger partial charge in [0.05, 0.1) is 12.0 Å². The van der Waals surface area contributed by atoms with Crippen LogP contribution in [0.15, 0.2) is 57.1 Å². The summed E-state index contributed by atoms with van der Waals surface area (Å²) >= 11 is 1.30. The smallest absolute Gasteiger partial charge is 0.250 e. The molecular weight excluding hydrogens is 338 g/mol. The Labute approximate surface area is 149 Å². The zero-order chi connectivity index (χ0) is 17.6. The van der Waals surface area contributed by atoms with E-state index >= 15 is 0 Å². The van der Waals surface area contributed by atoms with Crippen molar-refractivity contribution in [3.8, 4) is 5.69 Å². The molecule has 0 aliphatic carbocycles. The van der Waals surface area contributed by atoms with Gasteiger partial charge in [-0.3, -0.25) is 9.36 Å². The van der Waals surface area contributed by atoms with Crippen LogP contribution >= 0.6 is 11.8 Å². The highest BCUT2D eigenvalue weighted by atomic mass is 32.2. The number of hydrogen-bond donors (Lipinski definition) is 1. The lowest BCUT2D eigenvalue weighted by atomic mass is 10.3. The Morgan fingerprint density at radius 1 is 1.24 bits per heavy atom. The van der Waals surface area contributed by atoms with Crippen molar-refractivity contribution in [2.75, 3.05) is 5.75 Å². The van der Waals surface area contributed by atoms with E-state index in [1.807, 2.05) is 54.8 Å². The summed E-state index contributed by atoms with van der Waals surface area (Å²) in [5, 5.41) is 12.8. The van der Waals surface area contributed by atoms with E-state index in [0.29, 0.717) is 10.9 Å². The van der Waals surface area contributed by atoms with E-state index in [-0.39, 0.29) is 11.7 Å². The van der Waals surface area contributed by atoms with Crippen LogP contribution in [0.4, 0.5) is 0 Å². The third-order valence-corrected chi connectivity index (χ3v) is 4.21. The van der Waals surface area contributed by atoms with Crippen LogP contribution in [0.3, 0.4) is 0 Å². The van der Waals surface area contributed by atoms with E-state index in [4.69, 9.17) is 4.42 Å². The summed E-state index contributed by atoms with van der Waals surface area (Å²) in [6.45, 7) is 3.72. The molecule has 0 aliphatic heterocycles. The van der Waals surface area contributed by atoms with Crippen LogP contribution in [0.25, 0.3) is 5.69 Å². The maximum Gasteiger partial charge on any atom is 0.250 e. The number of nitrogens with one attached hydrogen (secondary N) is 1. The summed E-state index contributed by atoms with van der Waals surface area (Å²) in [4.78, 5) is 11.9. The monoisotopic (exact) mass is 355 g/mol. The van der Waals surface area contributed by atoms with Gasteiger partial charge in [0.15, 0.2) is 5.16 Å². The number of benzene rings is 1. The minimum Gasteiger partial charge on any atom is -0.460 e. The van der Waals surface area contributed by atoms with Crippen LogP contribution in [-0.2, 0) is 4.79 Å². The van der Waals surface area contributed by atoms with E-state index in [1.54, 1.807) is 6.07 Å². The number of rotatable bonds is 6. The molecule has 2 heterocycles. The van der Waals surface area contributed by atoms with Crippen molar-refractivity contribution < 1.29 is 9.21 Å². The van der Waals surface area contributed by atoms with Crippen molar-refractivity contribution in [1.29, 1.82) is 0 Å². The first-order chi connectivity index (χ1) is 12.1. The number of para-hydroxylation sites is 1. The molecule has 1 amide bonds. The summed E-state index contributed by atoms with van der Waals surface area (Å²) in [5.41, 5.74) is 3.43. The fourth-order valence-corrected chi connectivity index (χ4v) is 2.95. The summed E-state index contributed by atoms with van der Waals surface area (Å²) in [5.74, 6) is 2.09. The van der Waals surface area contributed by atoms with E-state index in [9.17, 15) is 4.79 Å². The maximum atomic E-state index is 11.9. The first-order valence-corrected chi connectivity index (χ1v) is 8.60. The summed E-state index contributed by atoms with van der Waals surface area (Å²) in [7, 11) is 0. The number of thioether (sulfide) groups is 1. The van der Waals surface area contributed by atoms with Crippen molar-refractivity contribution >= 4 is 23.9 Å². The van der Waals surface area contributed by atoms with Gasteiger partial charge < -0.3 is 4.42 Å². The number of hydrazone groups is 1. The van der Waals surface area contributed by atoms with E-state index in [2.05, 4.69) is 20.7 Å². The number of aromatic nitrogens is 3. The van der Waals surface area contributed by atoms with E-state index in [1.165, 1.54) is 18.0 Å². The van der Waals surface area contributed by atoms with Crippen molar-refractivity contribution in [2.24, 2.45) is 5.10 Å². The largest absolute Gasteiger partial charge is 0.460 e. The lowest BCUT2D eigenvalue weighted by Gasteiger charge is -2.07. The van der Waals surface area contributed by atoms with Gasteiger partial charge in [-0.25, -0.2) is 5.43 Å². The first kappa shape index (κ1) is 17.0. The molecule has 3 rings (SSSR count). The fourth-order valence-electron chi connectivity index (χ4n) is 2.16. The van der Waals surface area contributed by atoms with E-state index in [0.717, 1.165) is 17.3 Å². The molecule has 0 saturated heterocycles. The molecule has 0 saturated carbocycles. The second-order valence-electron chi connectivity index (χ2n) is 5.23. The minimum atomic E-state index is -0.232. The normalized spacial score (nSPS) is 11.1. The van der Waals surface area contributed by atoms with Crippen molar-refractivity contribution in [3.05, 3.63) is 59.8 Å². The molecule has 3 aromatic rings. The van der Waals surface area contributed by atoms with Crippen molar-refractivity contribution in [3.63, 3.8) is 0 Å². The third kappa shape index (κ3) is 4.36. The topological polar surface area (TPSA) is 85.3 Å². The molecule has 0 unspecified atom stereocenters. The minimum absolute atomic E-state index is 0.180. The molecule has 0 spiro atoms. The standard InChI is InChI=1S/C17H17N5O2S/c1-12-8-9-15(24-12)10-18-20-16(23)11-25-17-21-19-13(2)22(17)14-6-4-3-5-7-14/h3-10H,11H2,1-2H3,(H,20,23)/b18-10+. The zero-order valence-electron chi connectivity index (χ0n) is 13.8. The Morgan fingerprint density at radius 2 is 2.04 bits per heavy atom. The summed E-state index contributed by atoms with van der Waals surface area (Å²) in [6, 6.07) is 13.4. The van der Waals surface area contributed by atoms with Crippen molar-refractivity contribution in [1.82, 2.24) is 20.2 Å². The lowest BCUT2D eigenvalue weighted by Crippen LogP contribution is -2.19. The van der Waals surface area contributed by atoms with Crippen LogP contribution in [0.2, 0.25) is 0 Å². The van der Waals surface area contributed by atoms with Gasteiger partial charge in [0.25, 0.3) is 5.91 Å². The van der Waals surface area contributed by atoms with Gasteiger partial charge in [-0.2, -0.15) is 5.10 Å². The number of aryl methyl sites for hydroxylation is 2. The quantitative estimate of drug-likeness (QED) is 0.417. The average Bonchev–Trinajstić information content (AvgIpc) is 3.19. The number of nitrogens with zero attached hydrogens (tertiary/aromatic N) is 4. The van der Waals surface area contributed by atoms with Crippen LogP contribution < -0.4 is 5.43 Å². The van der Waals surface area contributed by atoms with Gasteiger partial charge in [-0.05, 0) is 38.1 Å². The molecule has 0 fully saturated rings. The average molecular weight is 355 g/mol. The van der Waals surface area contributed by atoms with Crippen LogP contribution in [-0.4, -0.2) is 32.6 Å². The van der Waals surface area contributed by atoms with Crippen LogP contribution in [0, 0.1) is 13.8 Å². The summed E-state index contributed by atoms with van der Waals surface area (Å²) in [6.07, 6.45) is 1.46. The first-order valence-electron chi connectivity index (χ1n) is 7.62. The highest BCUT2D eigenvalue weighted by Crippen LogP contribution is 2.21. The molecule has 8 heteroatoms. The zero-order valence-corrected chi connectivity index (χ0v) is 14.7. The number of carbonyl (C=O) groups excluding carboxylic acids is 1. The van der Waals surface area contributed by atoms with Crippen molar-refractivity contribution in [2.45, 2.75) is 19.0 Å². The Bertz CT molecular complexity index is 886. The predicted molar refractivity (Wildman–Crippen MR) is 96.0 cm³/mol. The summed E-state index contributed by atoms with van der Waals surface area (Å²) < 4.78 is 7.24. The Hall–Kier alpha value is -2.87. The maximum absolute atomic E-state index is 11.9. The van der Waals surface area contributed by atoms with Gasteiger partial charge in [0, 0.05) is 5.69 Å². The molecule has 1 aromatic carbocycles. The molecule has 0 bridgehead atoms. The highest BCUT2D eigenvalue weighted by molar-refractivity contribution is 7.99. The Kier molecular flexibility index (Phi) is 5.30. The molecule has 25 heavy (non-hydrogen) atoms. The highest BCUT2D eigenvalue weighted by Gasteiger charge is 2.12. The predicted octanol–water partition coefficient (Wildman–Crippen LogP) is 2.72. The van der Waals surface area contributed by atoms with E-state index < -0.39 is 0 Å². The second kappa shape index (κ2) is 7.80. The van der Waals surface area contributed by atoms with Gasteiger partial charge in [0.2, 0.25) is 0 Å². The Morgan fingerprint density at radius 3 is 2.76 bits per heavy atom. The van der Waals surface area contributed by atoms with Gasteiger partial charge >= 0.3 is 0 Å². The fraction of sp³-hybridized carbons (Fsp3) is 0.176. The Balaban J connectivity index is 1.59. The second-order valence-corrected chi connectivity index (χ2v) is 6.17.